The number of nitrogens with one attached hydrogen (secondary N) is 1. The molecule has 0 amide bonds. The van der Waals surface area contributed by atoms with Crippen LogP contribution >= 0.6 is 11.3 Å². The minimum atomic E-state index is 0.622. The molecule has 0 aliphatic carbocycles. The van der Waals surface area contributed by atoms with Crippen LogP contribution in [0.1, 0.15) is 37.8 Å². The summed E-state index contributed by atoms with van der Waals surface area (Å²) in [5, 5.41) is 3.58. The van der Waals surface area contributed by atoms with E-state index in [9.17, 15) is 0 Å². The molecule has 0 saturated heterocycles. The van der Waals surface area contributed by atoms with E-state index in [-0.39, 0.29) is 0 Å². The van der Waals surface area contributed by atoms with E-state index in [1.807, 2.05) is 5.51 Å². The monoisotopic (exact) mass is 212 g/mol. The molecular formula is C11H20N2S. The van der Waals surface area contributed by atoms with E-state index in [4.69, 9.17) is 0 Å². The van der Waals surface area contributed by atoms with Gasteiger partial charge >= 0.3 is 0 Å². The van der Waals surface area contributed by atoms with Crippen LogP contribution in [-0.2, 0) is 6.54 Å². The van der Waals surface area contributed by atoms with Crippen LogP contribution < -0.4 is 5.32 Å². The van der Waals surface area contributed by atoms with E-state index in [1.54, 1.807) is 11.3 Å². The first-order chi connectivity index (χ1) is 6.65. The molecule has 1 aromatic rings. The topological polar surface area (TPSA) is 24.9 Å². The van der Waals surface area contributed by atoms with Crippen molar-refractivity contribution < 1.29 is 0 Å². The molecule has 14 heavy (non-hydrogen) atoms. The van der Waals surface area contributed by atoms with Gasteiger partial charge in [0.2, 0.25) is 0 Å². The molecule has 1 N–H and O–H groups in total. The van der Waals surface area contributed by atoms with E-state index in [2.05, 4.69) is 38.0 Å². The predicted molar refractivity (Wildman–Crippen MR) is 62.6 cm³/mol. The number of hydrogen-bond donors (Lipinski definition) is 1. The Morgan fingerprint density at radius 3 is 2.64 bits per heavy atom. The maximum Gasteiger partial charge on any atom is 0.0798 e. The van der Waals surface area contributed by atoms with Crippen molar-refractivity contribution in [2.24, 2.45) is 5.92 Å². The van der Waals surface area contributed by atoms with Gasteiger partial charge < -0.3 is 5.32 Å². The van der Waals surface area contributed by atoms with E-state index < -0.39 is 0 Å². The van der Waals surface area contributed by atoms with Gasteiger partial charge in [-0.1, -0.05) is 20.8 Å². The molecule has 2 nitrogen and oxygen atoms in total. The van der Waals surface area contributed by atoms with Crippen molar-refractivity contribution in [1.82, 2.24) is 10.3 Å². The fourth-order valence-corrected chi connectivity index (χ4v) is 2.30. The van der Waals surface area contributed by atoms with Gasteiger partial charge in [-0.3, -0.25) is 0 Å². The number of nitrogens with zero attached hydrogens (tertiary/aromatic N) is 1. The summed E-state index contributed by atoms with van der Waals surface area (Å²) in [6, 6.07) is 0.622. The summed E-state index contributed by atoms with van der Waals surface area (Å²) < 4.78 is 0. The number of aromatic nitrogens is 1. The highest BCUT2D eigenvalue weighted by Gasteiger charge is 2.10. The molecule has 80 valence electrons. The van der Waals surface area contributed by atoms with Gasteiger partial charge in [-0.15, -0.1) is 11.3 Å². The average molecular weight is 212 g/mol. The first-order valence-corrected chi connectivity index (χ1v) is 6.15. The third-order valence-corrected chi connectivity index (χ3v) is 3.55. The molecule has 0 spiro atoms. The first-order valence-electron chi connectivity index (χ1n) is 5.27. The van der Waals surface area contributed by atoms with Crippen molar-refractivity contribution >= 4 is 11.3 Å². The Labute approximate surface area is 90.8 Å². The molecule has 1 heterocycles. The van der Waals surface area contributed by atoms with Gasteiger partial charge in [-0.25, -0.2) is 4.98 Å². The number of rotatable bonds is 5. The molecule has 3 heteroatoms. The smallest absolute Gasteiger partial charge is 0.0798 e. The Balaban J connectivity index is 2.43. The quantitative estimate of drug-likeness (QED) is 0.811. The molecule has 0 aliphatic heterocycles. The SMILES string of the molecule is CCC(NCc1scnc1C)C(C)C. The van der Waals surface area contributed by atoms with Crippen molar-refractivity contribution in [2.45, 2.75) is 46.7 Å². The Kier molecular flexibility index (Phi) is 4.55. The summed E-state index contributed by atoms with van der Waals surface area (Å²) in [7, 11) is 0. The van der Waals surface area contributed by atoms with Crippen molar-refractivity contribution in [3.8, 4) is 0 Å². The lowest BCUT2D eigenvalue weighted by Crippen LogP contribution is -2.32. The van der Waals surface area contributed by atoms with Crippen LogP contribution in [0.3, 0.4) is 0 Å². The minimum Gasteiger partial charge on any atom is -0.309 e. The summed E-state index contributed by atoms with van der Waals surface area (Å²) in [5.41, 5.74) is 3.09. The molecule has 0 aromatic carbocycles. The maximum absolute atomic E-state index is 4.24. The molecule has 0 aliphatic rings. The molecular weight excluding hydrogens is 192 g/mol. The molecule has 0 fully saturated rings. The van der Waals surface area contributed by atoms with E-state index in [1.165, 1.54) is 17.0 Å². The maximum atomic E-state index is 4.24. The molecule has 1 rings (SSSR count). The summed E-state index contributed by atoms with van der Waals surface area (Å²) in [5.74, 6) is 0.702. The van der Waals surface area contributed by atoms with Crippen LogP contribution in [0.2, 0.25) is 0 Å². The molecule has 1 aromatic heterocycles. The molecule has 1 unspecified atom stereocenters. The van der Waals surface area contributed by atoms with Crippen molar-refractivity contribution in [2.75, 3.05) is 0 Å². The van der Waals surface area contributed by atoms with Crippen LogP contribution in [0.4, 0.5) is 0 Å². The normalized spacial score (nSPS) is 13.5. The molecule has 0 bridgehead atoms. The fourth-order valence-electron chi connectivity index (χ4n) is 1.57. The Hall–Kier alpha value is -0.410. The second-order valence-electron chi connectivity index (χ2n) is 4.00. The van der Waals surface area contributed by atoms with Crippen molar-refractivity contribution in [1.29, 1.82) is 0 Å². The van der Waals surface area contributed by atoms with Crippen LogP contribution in [0.25, 0.3) is 0 Å². The highest BCUT2D eigenvalue weighted by molar-refractivity contribution is 7.09. The average Bonchev–Trinajstić information content (AvgIpc) is 2.52. The van der Waals surface area contributed by atoms with Gasteiger partial charge in [-0.05, 0) is 19.3 Å². The molecule has 0 saturated carbocycles. The van der Waals surface area contributed by atoms with Gasteiger partial charge in [0.05, 0.1) is 11.2 Å². The predicted octanol–water partition coefficient (Wildman–Crippen LogP) is 2.98. The summed E-state index contributed by atoms with van der Waals surface area (Å²) >= 11 is 1.74. The Morgan fingerprint density at radius 2 is 2.21 bits per heavy atom. The van der Waals surface area contributed by atoms with Gasteiger partial charge in [0.25, 0.3) is 0 Å². The van der Waals surface area contributed by atoms with E-state index in [0.29, 0.717) is 12.0 Å². The summed E-state index contributed by atoms with van der Waals surface area (Å²) in [6.07, 6.45) is 1.19. The van der Waals surface area contributed by atoms with Crippen LogP contribution in [-0.4, -0.2) is 11.0 Å². The van der Waals surface area contributed by atoms with Gasteiger partial charge in [0.15, 0.2) is 0 Å². The molecule has 1 atom stereocenters. The summed E-state index contributed by atoms with van der Waals surface area (Å²) in [4.78, 5) is 5.61. The lowest BCUT2D eigenvalue weighted by atomic mass is 10.0. The number of thiazole rings is 1. The Morgan fingerprint density at radius 1 is 1.50 bits per heavy atom. The lowest BCUT2D eigenvalue weighted by molar-refractivity contribution is 0.388. The third-order valence-electron chi connectivity index (χ3n) is 2.61. The zero-order valence-electron chi connectivity index (χ0n) is 9.50. The van der Waals surface area contributed by atoms with E-state index >= 15 is 0 Å². The summed E-state index contributed by atoms with van der Waals surface area (Å²) in [6.45, 7) is 9.80. The van der Waals surface area contributed by atoms with E-state index in [0.717, 1.165) is 6.54 Å². The second-order valence-corrected chi connectivity index (χ2v) is 4.94. The number of hydrogen-bond acceptors (Lipinski definition) is 3. The second kappa shape index (κ2) is 5.47. The lowest BCUT2D eigenvalue weighted by Gasteiger charge is -2.20. The highest BCUT2D eigenvalue weighted by Crippen LogP contribution is 2.13. The first kappa shape index (κ1) is 11.7. The minimum absolute atomic E-state index is 0.622. The highest BCUT2D eigenvalue weighted by atomic mass is 32.1. The van der Waals surface area contributed by atoms with Gasteiger partial charge in [0, 0.05) is 17.5 Å². The van der Waals surface area contributed by atoms with Crippen molar-refractivity contribution in [3.63, 3.8) is 0 Å². The van der Waals surface area contributed by atoms with Crippen LogP contribution in [0.15, 0.2) is 5.51 Å². The molecule has 0 radical (unpaired) electrons. The largest absolute Gasteiger partial charge is 0.309 e. The fraction of sp³-hybridized carbons (Fsp3) is 0.727. The zero-order valence-corrected chi connectivity index (χ0v) is 10.3. The third kappa shape index (κ3) is 3.07. The van der Waals surface area contributed by atoms with Crippen LogP contribution in [0.5, 0.6) is 0 Å². The van der Waals surface area contributed by atoms with Gasteiger partial charge in [-0.2, -0.15) is 0 Å². The van der Waals surface area contributed by atoms with Crippen molar-refractivity contribution in [3.05, 3.63) is 16.1 Å². The van der Waals surface area contributed by atoms with Crippen LogP contribution in [0, 0.1) is 12.8 Å². The van der Waals surface area contributed by atoms with Gasteiger partial charge in [0.1, 0.15) is 0 Å². The standard InChI is InChI=1S/C11H20N2S/c1-5-10(8(2)3)12-6-11-9(4)13-7-14-11/h7-8,10,12H,5-6H2,1-4H3. The Bertz CT molecular complexity index is 268. The zero-order chi connectivity index (χ0) is 10.6. The number of aryl methyl sites for hydroxylation is 1.